The van der Waals surface area contributed by atoms with E-state index in [9.17, 15) is 9.59 Å². The molecule has 1 aromatic rings. The molecular formula is C12H16N2O3. The van der Waals surface area contributed by atoms with E-state index in [1.807, 2.05) is 6.92 Å². The van der Waals surface area contributed by atoms with Gasteiger partial charge in [-0.1, -0.05) is 6.92 Å². The largest absolute Gasteiger partial charge is 0.481 e. The van der Waals surface area contributed by atoms with Crippen LogP contribution in [0.1, 0.15) is 29.5 Å². The lowest BCUT2D eigenvalue weighted by Gasteiger charge is -2.08. The van der Waals surface area contributed by atoms with Gasteiger partial charge in [-0.25, -0.2) is 4.98 Å². The SMILES string of the molecule is CCCNC(=O)COc1ccc(C)nc1C=O. The number of nitrogens with one attached hydrogen (secondary N) is 1. The van der Waals surface area contributed by atoms with Crippen LogP contribution in [0.4, 0.5) is 0 Å². The van der Waals surface area contributed by atoms with Crippen molar-refractivity contribution in [3.8, 4) is 5.75 Å². The summed E-state index contributed by atoms with van der Waals surface area (Å²) < 4.78 is 5.24. The average Bonchev–Trinajstić information content (AvgIpc) is 2.34. The summed E-state index contributed by atoms with van der Waals surface area (Å²) in [7, 11) is 0. The second-order valence-corrected chi connectivity index (χ2v) is 3.59. The van der Waals surface area contributed by atoms with Gasteiger partial charge in [0.15, 0.2) is 12.9 Å². The van der Waals surface area contributed by atoms with Crippen LogP contribution in [0.3, 0.4) is 0 Å². The van der Waals surface area contributed by atoms with E-state index in [0.29, 0.717) is 18.6 Å². The maximum atomic E-state index is 11.3. The van der Waals surface area contributed by atoms with Crippen molar-refractivity contribution < 1.29 is 14.3 Å². The molecule has 1 N–H and O–H groups in total. The summed E-state index contributed by atoms with van der Waals surface area (Å²) in [5.74, 6) is 0.126. The molecule has 1 rings (SSSR count). The van der Waals surface area contributed by atoms with E-state index >= 15 is 0 Å². The van der Waals surface area contributed by atoms with Crippen molar-refractivity contribution in [1.82, 2.24) is 10.3 Å². The van der Waals surface area contributed by atoms with Crippen molar-refractivity contribution in [2.75, 3.05) is 13.2 Å². The summed E-state index contributed by atoms with van der Waals surface area (Å²) in [6.45, 7) is 4.26. The molecule has 1 heterocycles. The van der Waals surface area contributed by atoms with E-state index in [4.69, 9.17) is 4.74 Å². The third-order valence-electron chi connectivity index (χ3n) is 2.07. The molecular weight excluding hydrogens is 220 g/mol. The van der Waals surface area contributed by atoms with E-state index in [1.165, 1.54) is 0 Å². The fraction of sp³-hybridized carbons (Fsp3) is 0.417. The van der Waals surface area contributed by atoms with Gasteiger partial charge in [-0.3, -0.25) is 9.59 Å². The maximum absolute atomic E-state index is 11.3. The molecule has 0 atom stereocenters. The van der Waals surface area contributed by atoms with Gasteiger partial charge in [-0.15, -0.1) is 0 Å². The second-order valence-electron chi connectivity index (χ2n) is 3.59. The zero-order valence-corrected chi connectivity index (χ0v) is 10.0. The predicted molar refractivity (Wildman–Crippen MR) is 63.2 cm³/mol. The molecule has 0 radical (unpaired) electrons. The first-order chi connectivity index (χ1) is 8.17. The highest BCUT2D eigenvalue weighted by molar-refractivity contribution is 5.79. The summed E-state index contributed by atoms with van der Waals surface area (Å²) >= 11 is 0. The van der Waals surface area contributed by atoms with Crippen LogP contribution in [0.2, 0.25) is 0 Å². The standard InChI is InChI=1S/C12H16N2O3/c1-3-6-13-12(16)8-17-11-5-4-9(2)14-10(11)7-15/h4-5,7H,3,6,8H2,1-2H3,(H,13,16). The molecule has 0 aromatic carbocycles. The van der Waals surface area contributed by atoms with Crippen LogP contribution in [0.25, 0.3) is 0 Å². The Hall–Kier alpha value is -1.91. The number of rotatable bonds is 6. The van der Waals surface area contributed by atoms with Gasteiger partial charge >= 0.3 is 0 Å². The fourth-order valence-corrected chi connectivity index (χ4v) is 1.23. The molecule has 0 aliphatic carbocycles. The molecule has 0 aliphatic heterocycles. The molecule has 1 amide bonds. The van der Waals surface area contributed by atoms with Crippen LogP contribution in [-0.4, -0.2) is 30.3 Å². The molecule has 0 spiro atoms. The molecule has 92 valence electrons. The number of ether oxygens (including phenoxy) is 1. The first-order valence-electron chi connectivity index (χ1n) is 5.49. The van der Waals surface area contributed by atoms with Crippen molar-refractivity contribution in [2.45, 2.75) is 20.3 Å². The Morgan fingerprint density at radius 1 is 1.53 bits per heavy atom. The van der Waals surface area contributed by atoms with Gasteiger partial charge < -0.3 is 10.1 Å². The van der Waals surface area contributed by atoms with Crippen LogP contribution in [0.5, 0.6) is 5.75 Å². The Morgan fingerprint density at radius 2 is 2.29 bits per heavy atom. The molecule has 5 heteroatoms. The smallest absolute Gasteiger partial charge is 0.257 e. The van der Waals surface area contributed by atoms with E-state index in [2.05, 4.69) is 10.3 Å². The number of amides is 1. The molecule has 0 bridgehead atoms. The second kappa shape index (κ2) is 6.62. The first kappa shape index (κ1) is 13.2. The van der Waals surface area contributed by atoms with Crippen LogP contribution in [-0.2, 0) is 4.79 Å². The minimum Gasteiger partial charge on any atom is -0.481 e. The topological polar surface area (TPSA) is 68.3 Å². The van der Waals surface area contributed by atoms with Crippen molar-refractivity contribution in [1.29, 1.82) is 0 Å². The highest BCUT2D eigenvalue weighted by atomic mass is 16.5. The average molecular weight is 236 g/mol. The lowest BCUT2D eigenvalue weighted by Crippen LogP contribution is -2.29. The number of carbonyl (C=O) groups excluding carboxylic acids is 2. The van der Waals surface area contributed by atoms with E-state index < -0.39 is 0 Å². The lowest BCUT2D eigenvalue weighted by molar-refractivity contribution is -0.123. The Bertz CT molecular complexity index is 405. The molecule has 5 nitrogen and oxygen atoms in total. The van der Waals surface area contributed by atoms with Crippen molar-refractivity contribution in [3.05, 3.63) is 23.5 Å². The number of aryl methyl sites for hydroxylation is 1. The Labute approximate surface area is 100 Å². The zero-order chi connectivity index (χ0) is 12.7. The molecule has 0 unspecified atom stereocenters. The first-order valence-corrected chi connectivity index (χ1v) is 5.49. The number of aromatic nitrogens is 1. The number of aldehydes is 1. The Kier molecular flexibility index (Phi) is 5.13. The molecule has 1 aromatic heterocycles. The van der Waals surface area contributed by atoms with E-state index in [0.717, 1.165) is 12.1 Å². The summed E-state index contributed by atoms with van der Waals surface area (Å²) in [6, 6.07) is 3.37. The van der Waals surface area contributed by atoms with Crippen LogP contribution in [0, 0.1) is 6.92 Å². The van der Waals surface area contributed by atoms with Crippen molar-refractivity contribution in [2.24, 2.45) is 0 Å². The van der Waals surface area contributed by atoms with Crippen LogP contribution < -0.4 is 10.1 Å². The number of hydrogen-bond acceptors (Lipinski definition) is 4. The van der Waals surface area contributed by atoms with Gasteiger partial charge in [0.25, 0.3) is 5.91 Å². The quantitative estimate of drug-likeness (QED) is 0.751. The maximum Gasteiger partial charge on any atom is 0.257 e. The number of carbonyl (C=O) groups is 2. The van der Waals surface area contributed by atoms with Crippen molar-refractivity contribution in [3.63, 3.8) is 0 Å². The number of nitrogens with zero attached hydrogens (tertiary/aromatic N) is 1. The molecule has 0 saturated heterocycles. The third kappa shape index (κ3) is 4.22. The summed E-state index contributed by atoms with van der Waals surface area (Å²) in [5, 5.41) is 2.68. The molecule has 0 aliphatic rings. The zero-order valence-electron chi connectivity index (χ0n) is 10.0. The monoisotopic (exact) mass is 236 g/mol. The highest BCUT2D eigenvalue weighted by Crippen LogP contribution is 2.14. The van der Waals surface area contributed by atoms with E-state index in [1.54, 1.807) is 19.1 Å². The minimum absolute atomic E-state index is 0.106. The predicted octanol–water partition coefficient (Wildman–Crippen LogP) is 1.11. The van der Waals surface area contributed by atoms with Gasteiger partial charge in [0.1, 0.15) is 11.4 Å². The van der Waals surface area contributed by atoms with Crippen LogP contribution >= 0.6 is 0 Å². The van der Waals surface area contributed by atoms with Gasteiger partial charge in [-0.2, -0.15) is 0 Å². The fourth-order valence-electron chi connectivity index (χ4n) is 1.23. The van der Waals surface area contributed by atoms with Gasteiger partial charge in [-0.05, 0) is 25.5 Å². The number of hydrogen-bond donors (Lipinski definition) is 1. The summed E-state index contributed by atoms with van der Waals surface area (Å²) in [4.78, 5) is 26.1. The summed E-state index contributed by atoms with van der Waals surface area (Å²) in [6.07, 6.45) is 1.49. The highest BCUT2D eigenvalue weighted by Gasteiger charge is 2.07. The van der Waals surface area contributed by atoms with Crippen molar-refractivity contribution >= 4 is 12.2 Å². The van der Waals surface area contributed by atoms with Crippen LogP contribution in [0.15, 0.2) is 12.1 Å². The molecule has 17 heavy (non-hydrogen) atoms. The lowest BCUT2D eigenvalue weighted by atomic mass is 10.3. The van der Waals surface area contributed by atoms with Gasteiger partial charge in [0.2, 0.25) is 0 Å². The van der Waals surface area contributed by atoms with Gasteiger partial charge in [0, 0.05) is 12.2 Å². The normalized spacial score (nSPS) is 9.76. The molecule has 0 saturated carbocycles. The number of pyridine rings is 1. The summed E-state index contributed by atoms with van der Waals surface area (Å²) in [5.41, 5.74) is 0.947. The molecule has 0 fully saturated rings. The minimum atomic E-state index is -0.204. The third-order valence-corrected chi connectivity index (χ3v) is 2.07. The Balaban J connectivity index is 2.57. The van der Waals surface area contributed by atoms with E-state index in [-0.39, 0.29) is 18.2 Å². The van der Waals surface area contributed by atoms with Gasteiger partial charge in [0.05, 0.1) is 0 Å². The Morgan fingerprint density at radius 3 is 2.94 bits per heavy atom.